The Morgan fingerprint density at radius 1 is 1.38 bits per heavy atom. The number of rotatable bonds is 5. The van der Waals surface area contributed by atoms with Crippen molar-refractivity contribution in [2.75, 3.05) is 7.11 Å². The number of ether oxygens (including phenoxy) is 1. The molecule has 0 bridgehead atoms. The average Bonchev–Trinajstić information content (AvgIpc) is 2.85. The fourth-order valence-electron chi connectivity index (χ4n) is 1.88. The highest BCUT2D eigenvalue weighted by molar-refractivity contribution is 5.96. The van der Waals surface area contributed by atoms with E-state index in [4.69, 9.17) is 4.74 Å². The van der Waals surface area contributed by atoms with Gasteiger partial charge in [0.25, 0.3) is 5.91 Å². The van der Waals surface area contributed by atoms with Gasteiger partial charge < -0.3 is 10.1 Å². The third-order valence-corrected chi connectivity index (χ3v) is 3.03. The van der Waals surface area contributed by atoms with Crippen LogP contribution in [0.5, 0.6) is 0 Å². The molecule has 1 heterocycles. The number of esters is 1. The van der Waals surface area contributed by atoms with Crippen molar-refractivity contribution in [3.8, 4) is 0 Å². The molecular weight excluding hydrogens is 270 g/mol. The minimum absolute atomic E-state index is 0.196. The molecule has 1 aromatic heterocycles. The quantitative estimate of drug-likeness (QED) is 0.843. The van der Waals surface area contributed by atoms with E-state index in [9.17, 15) is 9.59 Å². The Balaban J connectivity index is 2.82. The number of aromatic nitrogens is 2. The molecule has 0 spiro atoms. The fraction of sp³-hybridized carbons (Fsp3) is 0.667. The molecule has 0 saturated heterocycles. The number of nitrogens with zero attached hydrogens (tertiary/aromatic N) is 2. The van der Waals surface area contributed by atoms with Gasteiger partial charge in [-0.25, -0.2) is 4.79 Å². The van der Waals surface area contributed by atoms with Gasteiger partial charge in [0.15, 0.2) is 0 Å². The Morgan fingerprint density at radius 2 is 2.00 bits per heavy atom. The Kier molecular flexibility index (Phi) is 5.52. The van der Waals surface area contributed by atoms with Gasteiger partial charge in [-0.3, -0.25) is 9.48 Å². The Morgan fingerprint density at radius 3 is 2.43 bits per heavy atom. The maximum Gasteiger partial charge on any atom is 0.328 e. The Labute approximate surface area is 125 Å². The fourth-order valence-corrected chi connectivity index (χ4v) is 1.88. The molecule has 0 radical (unpaired) electrons. The van der Waals surface area contributed by atoms with Crippen molar-refractivity contribution >= 4 is 11.9 Å². The minimum Gasteiger partial charge on any atom is -0.467 e. The second-order valence-corrected chi connectivity index (χ2v) is 6.52. The molecule has 6 heteroatoms. The first kappa shape index (κ1) is 17.2. The predicted molar refractivity (Wildman–Crippen MR) is 79.9 cm³/mol. The average molecular weight is 295 g/mol. The van der Waals surface area contributed by atoms with E-state index >= 15 is 0 Å². The molecule has 0 aliphatic rings. The van der Waals surface area contributed by atoms with Crippen LogP contribution < -0.4 is 5.32 Å². The summed E-state index contributed by atoms with van der Waals surface area (Å²) in [6.45, 7) is 9.96. The molecule has 6 nitrogen and oxygen atoms in total. The highest BCUT2D eigenvalue weighted by Gasteiger charge is 2.24. The van der Waals surface area contributed by atoms with Crippen LogP contribution in [0.4, 0.5) is 0 Å². The van der Waals surface area contributed by atoms with Crippen LogP contribution in [-0.2, 0) is 15.1 Å². The molecule has 1 rings (SSSR count). The number of methoxy groups -OCH3 is 1. The molecule has 1 aromatic rings. The first-order valence-corrected chi connectivity index (χ1v) is 7.09. The second-order valence-electron chi connectivity index (χ2n) is 6.52. The minimum atomic E-state index is -0.638. The van der Waals surface area contributed by atoms with E-state index in [-0.39, 0.29) is 17.4 Å². The maximum absolute atomic E-state index is 12.2. The van der Waals surface area contributed by atoms with Crippen molar-refractivity contribution in [2.45, 2.75) is 52.6 Å². The number of carbonyl (C=O) groups excluding carboxylic acids is 2. The zero-order valence-corrected chi connectivity index (χ0v) is 13.6. The largest absolute Gasteiger partial charge is 0.467 e. The second kappa shape index (κ2) is 6.74. The van der Waals surface area contributed by atoms with Crippen molar-refractivity contribution in [1.82, 2.24) is 15.1 Å². The summed E-state index contributed by atoms with van der Waals surface area (Å²) < 4.78 is 6.45. The zero-order valence-electron chi connectivity index (χ0n) is 13.6. The summed E-state index contributed by atoms with van der Waals surface area (Å²) in [6, 6.07) is -0.638. The normalized spacial score (nSPS) is 13.1. The van der Waals surface area contributed by atoms with Crippen LogP contribution >= 0.6 is 0 Å². The molecule has 0 aromatic carbocycles. The molecule has 118 valence electrons. The summed E-state index contributed by atoms with van der Waals surface area (Å²) in [7, 11) is 1.32. The van der Waals surface area contributed by atoms with E-state index in [1.165, 1.54) is 13.3 Å². The Hall–Kier alpha value is -1.85. The van der Waals surface area contributed by atoms with Gasteiger partial charge in [0.2, 0.25) is 0 Å². The summed E-state index contributed by atoms with van der Waals surface area (Å²) in [5.74, 6) is -0.478. The van der Waals surface area contributed by atoms with Crippen LogP contribution in [0.1, 0.15) is 51.4 Å². The van der Waals surface area contributed by atoms with E-state index in [1.807, 2.05) is 34.6 Å². The zero-order chi connectivity index (χ0) is 16.2. The van der Waals surface area contributed by atoms with Crippen LogP contribution in [0.25, 0.3) is 0 Å². The monoisotopic (exact) mass is 295 g/mol. The number of amides is 1. The molecular formula is C15H25N3O3. The summed E-state index contributed by atoms with van der Waals surface area (Å²) >= 11 is 0. The van der Waals surface area contributed by atoms with Gasteiger partial charge in [0, 0.05) is 6.20 Å². The SMILES string of the molecule is COC(=O)C(CC(C)C)NC(=O)c1cnn(C(C)(C)C)c1. The van der Waals surface area contributed by atoms with Gasteiger partial charge in [-0.2, -0.15) is 5.10 Å². The molecule has 0 fully saturated rings. The van der Waals surface area contributed by atoms with Gasteiger partial charge in [-0.1, -0.05) is 13.8 Å². The van der Waals surface area contributed by atoms with Crippen molar-refractivity contribution in [3.63, 3.8) is 0 Å². The lowest BCUT2D eigenvalue weighted by atomic mass is 10.0. The van der Waals surface area contributed by atoms with Crippen molar-refractivity contribution in [2.24, 2.45) is 5.92 Å². The van der Waals surface area contributed by atoms with Gasteiger partial charge in [0.1, 0.15) is 6.04 Å². The standard InChI is InChI=1S/C15H25N3O3/c1-10(2)7-12(14(20)21-6)17-13(19)11-8-16-18(9-11)15(3,4)5/h8-10,12H,7H2,1-6H3,(H,17,19). The third-order valence-electron chi connectivity index (χ3n) is 3.03. The van der Waals surface area contributed by atoms with Crippen LogP contribution in [0.2, 0.25) is 0 Å². The van der Waals surface area contributed by atoms with E-state index in [0.29, 0.717) is 12.0 Å². The number of hydrogen-bond donors (Lipinski definition) is 1. The third kappa shape index (κ3) is 4.88. The van der Waals surface area contributed by atoms with Crippen LogP contribution in [0.15, 0.2) is 12.4 Å². The molecule has 21 heavy (non-hydrogen) atoms. The topological polar surface area (TPSA) is 73.2 Å². The lowest BCUT2D eigenvalue weighted by Gasteiger charge is -2.19. The Bertz CT molecular complexity index is 501. The van der Waals surface area contributed by atoms with E-state index < -0.39 is 12.0 Å². The van der Waals surface area contributed by atoms with E-state index in [0.717, 1.165) is 0 Å². The summed E-state index contributed by atoms with van der Waals surface area (Å²) in [5.41, 5.74) is 0.237. The van der Waals surface area contributed by atoms with Crippen LogP contribution in [0.3, 0.4) is 0 Å². The predicted octanol–water partition coefficient (Wildman–Crippen LogP) is 1.96. The number of carbonyl (C=O) groups is 2. The van der Waals surface area contributed by atoms with Gasteiger partial charge in [-0.05, 0) is 33.1 Å². The highest BCUT2D eigenvalue weighted by Crippen LogP contribution is 2.14. The smallest absolute Gasteiger partial charge is 0.328 e. The molecule has 1 amide bonds. The number of hydrogen-bond acceptors (Lipinski definition) is 4. The van der Waals surface area contributed by atoms with E-state index in [1.54, 1.807) is 10.9 Å². The van der Waals surface area contributed by atoms with Crippen LogP contribution in [-0.4, -0.2) is 34.8 Å². The summed E-state index contributed by atoms with van der Waals surface area (Å²) in [6.07, 6.45) is 3.72. The molecule has 1 N–H and O–H groups in total. The first-order valence-electron chi connectivity index (χ1n) is 7.09. The maximum atomic E-state index is 12.2. The van der Waals surface area contributed by atoms with Crippen molar-refractivity contribution in [3.05, 3.63) is 18.0 Å². The molecule has 0 aliphatic carbocycles. The summed E-state index contributed by atoms with van der Waals surface area (Å²) in [4.78, 5) is 23.9. The molecule has 1 unspecified atom stereocenters. The molecule has 1 atom stereocenters. The molecule has 0 saturated carbocycles. The van der Waals surface area contributed by atoms with Gasteiger partial charge >= 0.3 is 5.97 Å². The molecule has 0 aliphatic heterocycles. The van der Waals surface area contributed by atoms with Crippen molar-refractivity contribution < 1.29 is 14.3 Å². The highest BCUT2D eigenvalue weighted by atomic mass is 16.5. The van der Waals surface area contributed by atoms with Gasteiger partial charge in [0.05, 0.1) is 24.4 Å². The van der Waals surface area contributed by atoms with Gasteiger partial charge in [-0.15, -0.1) is 0 Å². The van der Waals surface area contributed by atoms with E-state index in [2.05, 4.69) is 10.4 Å². The van der Waals surface area contributed by atoms with Crippen LogP contribution in [0, 0.1) is 5.92 Å². The summed E-state index contributed by atoms with van der Waals surface area (Å²) in [5, 5.41) is 6.89. The lowest BCUT2D eigenvalue weighted by Crippen LogP contribution is -2.42. The van der Waals surface area contributed by atoms with Crippen molar-refractivity contribution in [1.29, 1.82) is 0 Å². The number of nitrogens with one attached hydrogen (secondary N) is 1. The first-order chi connectivity index (χ1) is 9.65. The lowest BCUT2D eigenvalue weighted by molar-refractivity contribution is -0.143.